The van der Waals surface area contributed by atoms with Crippen LogP contribution >= 0.6 is 0 Å². The van der Waals surface area contributed by atoms with Crippen molar-refractivity contribution < 1.29 is 9.59 Å². The van der Waals surface area contributed by atoms with E-state index in [1.54, 1.807) is 4.68 Å². The lowest BCUT2D eigenvalue weighted by atomic mass is 10.0. The van der Waals surface area contributed by atoms with Gasteiger partial charge in [-0.2, -0.15) is 5.10 Å². The largest absolute Gasteiger partial charge is 0.350 e. The minimum atomic E-state index is -0.353. The van der Waals surface area contributed by atoms with Gasteiger partial charge in [0.1, 0.15) is 0 Å². The van der Waals surface area contributed by atoms with Gasteiger partial charge in [0.2, 0.25) is 11.8 Å². The number of nitrogens with one attached hydrogen (secondary N) is 2. The molecule has 0 aliphatic rings. The molecule has 2 N–H and O–H groups in total. The summed E-state index contributed by atoms with van der Waals surface area (Å²) < 4.78 is 1.78. The van der Waals surface area contributed by atoms with E-state index in [1.165, 1.54) is 6.08 Å². The fourth-order valence-electron chi connectivity index (χ4n) is 3.43. The molecule has 0 saturated carbocycles. The molecular formula is C23H26N4O2. The molecule has 0 radical (unpaired) electrons. The molecule has 0 aliphatic heterocycles. The Hall–Kier alpha value is -3.41. The first-order valence-corrected chi connectivity index (χ1v) is 9.56. The maximum Gasteiger partial charge on any atom is 0.243 e. The lowest BCUT2D eigenvalue weighted by Gasteiger charge is -2.20. The van der Waals surface area contributed by atoms with Gasteiger partial charge in [0.25, 0.3) is 0 Å². The first-order valence-electron chi connectivity index (χ1n) is 9.56. The van der Waals surface area contributed by atoms with Crippen molar-refractivity contribution in [3.63, 3.8) is 0 Å². The van der Waals surface area contributed by atoms with Gasteiger partial charge in [-0.1, -0.05) is 43.0 Å². The Balaban J connectivity index is 1.83. The first kappa shape index (κ1) is 20.3. The summed E-state index contributed by atoms with van der Waals surface area (Å²) in [5, 5.41) is 12.4. The second kappa shape index (κ2) is 8.73. The van der Waals surface area contributed by atoms with Gasteiger partial charge in [-0.3, -0.25) is 14.3 Å². The molecule has 2 amide bonds. The Bertz CT molecular complexity index is 1070. The predicted molar refractivity (Wildman–Crippen MR) is 114 cm³/mol. The zero-order chi connectivity index (χ0) is 21.0. The van der Waals surface area contributed by atoms with Crippen LogP contribution in [0.3, 0.4) is 0 Å². The van der Waals surface area contributed by atoms with E-state index >= 15 is 0 Å². The number of carbonyl (C=O) groups is 2. The van der Waals surface area contributed by atoms with Crippen LogP contribution in [-0.4, -0.2) is 28.1 Å². The molecule has 3 aromatic rings. The van der Waals surface area contributed by atoms with Gasteiger partial charge >= 0.3 is 0 Å². The van der Waals surface area contributed by atoms with Crippen LogP contribution in [0.5, 0.6) is 0 Å². The second-order valence-corrected chi connectivity index (χ2v) is 7.13. The standard InChI is InChI=1S/C23H26N4O2/c1-5-22(28)24-14-21(19-11-10-17-8-6-7-9-18(17)12-19)25-23(29)13-20-15(2)26-27(4)16(20)3/h5-12,21H,1,13-14H2,2-4H3,(H,24,28)(H,25,29). The van der Waals surface area contributed by atoms with Gasteiger partial charge in [-0.05, 0) is 42.3 Å². The zero-order valence-electron chi connectivity index (χ0n) is 17.0. The van der Waals surface area contributed by atoms with Crippen molar-refractivity contribution in [1.82, 2.24) is 20.4 Å². The van der Waals surface area contributed by atoms with Crippen molar-refractivity contribution in [1.29, 1.82) is 0 Å². The van der Waals surface area contributed by atoms with Crippen LogP contribution in [0.25, 0.3) is 10.8 Å². The molecule has 1 atom stereocenters. The van der Waals surface area contributed by atoms with Gasteiger partial charge in [0, 0.05) is 24.8 Å². The van der Waals surface area contributed by atoms with Crippen molar-refractivity contribution in [2.75, 3.05) is 6.54 Å². The smallest absolute Gasteiger partial charge is 0.243 e. The van der Waals surface area contributed by atoms with Crippen molar-refractivity contribution in [2.24, 2.45) is 7.05 Å². The third-order valence-electron chi connectivity index (χ3n) is 5.17. The fraction of sp³-hybridized carbons (Fsp3) is 0.261. The molecule has 1 aromatic heterocycles. The Labute approximate surface area is 170 Å². The van der Waals surface area contributed by atoms with Gasteiger partial charge in [0.15, 0.2) is 0 Å². The highest BCUT2D eigenvalue weighted by molar-refractivity contribution is 5.87. The molecule has 0 aliphatic carbocycles. The molecule has 150 valence electrons. The molecule has 0 fully saturated rings. The van der Waals surface area contributed by atoms with Gasteiger partial charge in [-0.25, -0.2) is 0 Å². The molecule has 6 heteroatoms. The highest BCUT2D eigenvalue weighted by Crippen LogP contribution is 2.21. The summed E-state index contributed by atoms with van der Waals surface area (Å²) >= 11 is 0. The topological polar surface area (TPSA) is 76.0 Å². The molecule has 3 rings (SSSR count). The molecule has 1 heterocycles. The van der Waals surface area contributed by atoms with E-state index in [9.17, 15) is 9.59 Å². The molecule has 0 saturated heterocycles. The SMILES string of the molecule is C=CC(=O)NCC(NC(=O)Cc1c(C)nn(C)c1C)c1ccc2ccccc2c1. The molecule has 1 unspecified atom stereocenters. The van der Waals surface area contributed by atoms with Gasteiger partial charge in [-0.15, -0.1) is 0 Å². The predicted octanol–water partition coefficient (Wildman–Crippen LogP) is 2.89. The molecule has 0 spiro atoms. The number of aryl methyl sites for hydroxylation is 2. The van der Waals surface area contributed by atoms with Crippen molar-refractivity contribution in [3.05, 3.63) is 77.6 Å². The van der Waals surface area contributed by atoms with E-state index in [-0.39, 0.29) is 30.8 Å². The number of benzene rings is 2. The minimum Gasteiger partial charge on any atom is -0.350 e. The maximum atomic E-state index is 12.8. The van der Waals surface area contributed by atoms with Crippen LogP contribution in [0.15, 0.2) is 55.1 Å². The Kier molecular flexibility index (Phi) is 6.12. The molecule has 2 aromatic carbocycles. The first-order chi connectivity index (χ1) is 13.9. The zero-order valence-corrected chi connectivity index (χ0v) is 17.0. The Morgan fingerprint density at radius 1 is 1.17 bits per heavy atom. The number of rotatable bonds is 7. The number of nitrogens with zero attached hydrogens (tertiary/aromatic N) is 2. The van der Waals surface area contributed by atoms with E-state index in [1.807, 2.05) is 63.4 Å². The minimum absolute atomic E-state index is 0.116. The number of carbonyl (C=O) groups excluding carboxylic acids is 2. The van der Waals surface area contributed by atoms with Crippen molar-refractivity contribution >= 4 is 22.6 Å². The Morgan fingerprint density at radius 3 is 2.55 bits per heavy atom. The molecule has 0 bridgehead atoms. The van der Waals surface area contributed by atoms with Crippen LogP contribution < -0.4 is 10.6 Å². The maximum absolute atomic E-state index is 12.8. The summed E-state index contributed by atoms with van der Waals surface area (Å²) in [6.07, 6.45) is 1.46. The Morgan fingerprint density at radius 2 is 1.90 bits per heavy atom. The summed E-state index contributed by atoms with van der Waals surface area (Å²) in [7, 11) is 1.87. The van der Waals surface area contributed by atoms with Crippen molar-refractivity contribution in [3.8, 4) is 0 Å². The van der Waals surface area contributed by atoms with Crippen LogP contribution in [0, 0.1) is 13.8 Å². The number of fused-ring (bicyclic) bond motifs is 1. The third-order valence-corrected chi connectivity index (χ3v) is 5.17. The molecule has 6 nitrogen and oxygen atoms in total. The number of hydrogen-bond donors (Lipinski definition) is 2. The van der Waals surface area contributed by atoms with E-state index in [2.05, 4.69) is 22.3 Å². The number of amides is 2. The average molecular weight is 390 g/mol. The lowest BCUT2D eigenvalue weighted by Crippen LogP contribution is -2.38. The highest BCUT2D eigenvalue weighted by Gasteiger charge is 2.19. The monoisotopic (exact) mass is 390 g/mol. The summed E-state index contributed by atoms with van der Waals surface area (Å²) in [6.45, 7) is 7.62. The van der Waals surface area contributed by atoms with Gasteiger partial charge in [0.05, 0.1) is 18.2 Å². The van der Waals surface area contributed by atoms with Crippen LogP contribution in [0.2, 0.25) is 0 Å². The molecular weight excluding hydrogens is 364 g/mol. The van der Waals surface area contributed by atoms with E-state index in [0.29, 0.717) is 0 Å². The summed E-state index contributed by atoms with van der Waals surface area (Å²) in [5.74, 6) is -0.390. The lowest BCUT2D eigenvalue weighted by molar-refractivity contribution is -0.122. The normalized spacial score (nSPS) is 11.8. The van der Waals surface area contributed by atoms with Crippen LogP contribution in [0.1, 0.15) is 28.6 Å². The average Bonchev–Trinajstić information content (AvgIpc) is 2.96. The quantitative estimate of drug-likeness (QED) is 0.609. The summed E-state index contributed by atoms with van der Waals surface area (Å²) in [5.41, 5.74) is 3.68. The third kappa shape index (κ3) is 4.71. The van der Waals surface area contributed by atoms with E-state index in [4.69, 9.17) is 0 Å². The van der Waals surface area contributed by atoms with Crippen molar-refractivity contribution in [2.45, 2.75) is 26.3 Å². The summed E-state index contributed by atoms with van der Waals surface area (Å²) in [6, 6.07) is 13.7. The van der Waals surface area contributed by atoms with Crippen LogP contribution in [-0.2, 0) is 23.1 Å². The highest BCUT2D eigenvalue weighted by atomic mass is 16.2. The van der Waals surface area contributed by atoms with Crippen LogP contribution in [0.4, 0.5) is 0 Å². The number of hydrogen-bond acceptors (Lipinski definition) is 3. The van der Waals surface area contributed by atoms with E-state index in [0.717, 1.165) is 33.3 Å². The second-order valence-electron chi connectivity index (χ2n) is 7.13. The number of aromatic nitrogens is 2. The summed E-state index contributed by atoms with van der Waals surface area (Å²) in [4.78, 5) is 24.5. The molecule has 29 heavy (non-hydrogen) atoms. The van der Waals surface area contributed by atoms with Gasteiger partial charge < -0.3 is 10.6 Å². The van der Waals surface area contributed by atoms with E-state index < -0.39 is 0 Å². The fourth-order valence-corrected chi connectivity index (χ4v) is 3.43.